The van der Waals surface area contributed by atoms with Gasteiger partial charge in [0.25, 0.3) is 0 Å². The summed E-state index contributed by atoms with van der Waals surface area (Å²) < 4.78 is 0.830. The molecule has 0 radical (unpaired) electrons. The number of nitrogens with zero attached hydrogens (tertiary/aromatic N) is 2. The number of nitrogens with two attached hydrogens (primary N) is 1. The second-order valence-electron chi connectivity index (χ2n) is 4.34. The van der Waals surface area contributed by atoms with Crippen LogP contribution >= 0.6 is 15.9 Å². The van der Waals surface area contributed by atoms with Gasteiger partial charge in [0.15, 0.2) is 0 Å². The van der Waals surface area contributed by atoms with Crippen molar-refractivity contribution in [2.75, 3.05) is 17.6 Å². The van der Waals surface area contributed by atoms with Gasteiger partial charge in [-0.15, -0.1) is 0 Å². The van der Waals surface area contributed by atoms with E-state index in [0.29, 0.717) is 0 Å². The third-order valence-electron chi connectivity index (χ3n) is 1.55. The minimum atomic E-state index is 0.207. The van der Waals surface area contributed by atoms with Gasteiger partial charge in [0.2, 0.25) is 5.95 Å². The van der Waals surface area contributed by atoms with Gasteiger partial charge in [-0.1, -0.05) is 20.8 Å². The highest BCUT2D eigenvalue weighted by atomic mass is 79.9. The van der Waals surface area contributed by atoms with E-state index >= 15 is 0 Å². The quantitative estimate of drug-likeness (QED) is 0.855. The summed E-state index contributed by atoms with van der Waals surface area (Å²) in [6, 6.07) is 0. The topological polar surface area (TPSA) is 63.8 Å². The Bertz CT molecular complexity index is 319. The third kappa shape index (κ3) is 3.49. The summed E-state index contributed by atoms with van der Waals surface area (Å²) >= 11 is 3.36. The van der Waals surface area contributed by atoms with Crippen molar-refractivity contribution in [2.24, 2.45) is 5.41 Å². The van der Waals surface area contributed by atoms with Crippen LogP contribution in [0.2, 0.25) is 0 Å². The fourth-order valence-electron chi connectivity index (χ4n) is 0.854. The van der Waals surface area contributed by atoms with Crippen LogP contribution in [0.25, 0.3) is 0 Å². The summed E-state index contributed by atoms with van der Waals surface area (Å²) in [6.45, 7) is 7.29. The summed E-state index contributed by atoms with van der Waals surface area (Å²) in [4.78, 5) is 7.95. The third-order valence-corrected chi connectivity index (χ3v) is 2.13. The number of rotatable bonds is 2. The molecule has 0 aliphatic heterocycles. The van der Waals surface area contributed by atoms with Crippen molar-refractivity contribution in [3.8, 4) is 0 Å². The molecule has 4 nitrogen and oxygen atoms in total. The smallest absolute Gasteiger partial charge is 0.221 e. The molecule has 78 valence electrons. The van der Waals surface area contributed by atoms with Gasteiger partial charge in [0.05, 0.1) is 4.47 Å². The van der Waals surface area contributed by atoms with Crippen molar-refractivity contribution in [1.82, 2.24) is 9.97 Å². The Kier molecular flexibility index (Phi) is 3.31. The molecular formula is C9H15BrN4. The van der Waals surface area contributed by atoms with Crippen LogP contribution in [0.1, 0.15) is 20.8 Å². The molecule has 1 rings (SSSR count). The maximum absolute atomic E-state index is 5.48. The van der Waals surface area contributed by atoms with Crippen LogP contribution in [0.3, 0.4) is 0 Å². The van der Waals surface area contributed by atoms with Gasteiger partial charge in [0.1, 0.15) is 5.82 Å². The first kappa shape index (κ1) is 11.2. The maximum Gasteiger partial charge on any atom is 0.221 e. The van der Waals surface area contributed by atoms with Crippen molar-refractivity contribution < 1.29 is 0 Å². The van der Waals surface area contributed by atoms with Crippen molar-refractivity contribution in [1.29, 1.82) is 0 Å². The van der Waals surface area contributed by atoms with Crippen LogP contribution < -0.4 is 11.1 Å². The van der Waals surface area contributed by atoms with Crippen LogP contribution in [0.5, 0.6) is 0 Å². The molecule has 0 unspecified atom stereocenters. The lowest BCUT2D eigenvalue weighted by Gasteiger charge is -2.19. The minimum Gasteiger partial charge on any atom is -0.368 e. The molecule has 0 bridgehead atoms. The summed E-state index contributed by atoms with van der Waals surface area (Å²) in [5, 5.41) is 3.22. The predicted octanol–water partition coefficient (Wildman–Crippen LogP) is 2.28. The molecule has 1 aromatic heterocycles. The molecule has 0 saturated carbocycles. The van der Waals surface area contributed by atoms with E-state index in [1.807, 2.05) is 0 Å². The summed E-state index contributed by atoms with van der Waals surface area (Å²) in [6.07, 6.45) is 1.65. The number of aromatic nitrogens is 2. The fourth-order valence-corrected chi connectivity index (χ4v) is 1.18. The first-order chi connectivity index (χ1) is 6.38. The predicted molar refractivity (Wildman–Crippen MR) is 62.1 cm³/mol. The van der Waals surface area contributed by atoms with E-state index in [1.54, 1.807) is 6.20 Å². The summed E-state index contributed by atoms with van der Waals surface area (Å²) in [5.74, 6) is 1.03. The Morgan fingerprint density at radius 3 is 2.71 bits per heavy atom. The highest BCUT2D eigenvalue weighted by Crippen LogP contribution is 2.21. The summed E-state index contributed by atoms with van der Waals surface area (Å²) in [5.41, 5.74) is 5.69. The normalized spacial score (nSPS) is 11.4. The second kappa shape index (κ2) is 4.13. The van der Waals surface area contributed by atoms with Crippen molar-refractivity contribution >= 4 is 27.7 Å². The molecule has 0 aliphatic rings. The largest absolute Gasteiger partial charge is 0.368 e. The number of hydrogen-bond acceptors (Lipinski definition) is 4. The van der Waals surface area contributed by atoms with Gasteiger partial charge in [0, 0.05) is 12.7 Å². The number of nitrogens with one attached hydrogen (secondary N) is 1. The average molecular weight is 259 g/mol. The van der Waals surface area contributed by atoms with Gasteiger partial charge >= 0.3 is 0 Å². The molecule has 0 atom stereocenters. The van der Waals surface area contributed by atoms with Crippen molar-refractivity contribution in [2.45, 2.75) is 20.8 Å². The molecule has 0 saturated heterocycles. The molecule has 0 amide bonds. The van der Waals surface area contributed by atoms with Gasteiger partial charge in [-0.3, -0.25) is 0 Å². The van der Waals surface area contributed by atoms with Crippen LogP contribution in [0.4, 0.5) is 11.8 Å². The fraction of sp³-hybridized carbons (Fsp3) is 0.556. The monoisotopic (exact) mass is 258 g/mol. The lowest BCUT2D eigenvalue weighted by molar-refractivity contribution is 0.442. The van der Waals surface area contributed by atoms with E-state index in [4.69, 9.17) is 5.73 Å². The zero-order chi connectivity index (χ0) is 10.8. The number of halogens is 1. The standard InChI is InChI=1S/C9H15BrN4/c1-9(2,3)5-13-7-6(10)4-12-8(11)14-7/h4H,5H2,1-3H3,(H3,11,12,13,14). The minimum absolute atomic E-state index is 0.207. The van der Waals surface area contributed by atoms with Crippen LogP contribution in [-0.2, 0) is 0 Å². The Labute approximate surface area is 92.5 Å². The zero-order valence-electron chi connectivity index (χ0n) is 8.63. The Morgan fingerprint density at radius 2 is 2.14 bits per heavy atom. The molecule has 3 N–H and O–H groups in total. The maximum atomic E-state index is 5.48. The first-order valence-electron chi connectivity index (χ1n) is 4.40. The van der Waals surface area contributed by atoms with E-state index in [1.165, 1.54) is 0 Å². The van der Waals surface area contributed by atoms with E-state index in [-0.39, 0.29) is 11.4 Å². The average Bonchev–Trinajstić information content (AvgIpc) is 2.05. The lowest BCUT2D eigenvalue weighted by Crippen LogP contribution is -2.20. The van der Waals surface area contributed by atoms with Crippen LogP contribution in [0, 0.1) is 5.41 Å². The molecule has 14 heavy (non-hydrogen) atoms. The van der Waals surface area contributed by atoms with Gasteiger partial charge < -0.3 is 11.1 Å². The van der Waals surface area contributed by atoms with Gasteiger partial charge in [-0.25, -0.2) is 4.98 Å². The molecule has 0 spiro atoms. The number of hydrogen-bond donors (Lipinski definition) is 2. The van der Waals surface area contributed by atoms with Crippen molar-refractivity contribution in [3.63, 3.8) is 0 Å². The molecular weight excluding hydrogens is 244 g/mol. The zero-order valence-corrected chi connectivity index (χ0v) is 10.2. The van der Waals surface area contributed by atoms with Gasteiger partial charge in [-0.2, -0.15) is 4.98 Å². The SMILES string of the molecule is CC(C)(C)CNc1nc(N)ncc1Br. The molecule has 5 heteroatoms. The Hall–Kier alpha value is -0.840. The lowest BCUT2D eigenvalue weighted by atomic mass is 9.97. The van der Waals surface area contributed by atoms with Crippen molar-refractivity contribution in [3.05, 3.63) is 10.7 Å². The summed E-state index contributed by atoms with van der Waals surface area (Å²) in [7, 11) is 0. The molecule has 0 aromatic carbocycles. The molecule has 0 aliphatic carbocycles. The van der Waals surface area contributed by atoms with Crippen LogP contribution in [-0.4, -0.2) is 16.5 Å². The van der Waals surface area contributed by atoms with E-state index < -0.39 is 0 Å². The number of nitrogen functional groups attached to an aromatic ring is 1. The van der Waals surface area contributed by atoms with E-state index in [9.17, 15) is 0 Å². The van der Waals surface area contributed by atoms with Crippen LogP contribution in [0.15, 0.2) is 10.7 Å². The molecule has 1 heterocycles. The van der Waals surface area contributed by atoms with Gasteiger partial charge in [-0.05, 0) is 21.3 Å². The Balaban J connectivity index is 2.72. The molecule has 0 fully saturated rings. The second-order valence-corrected chi connectivity index (χ2v) is 5.19. The first-order valence-corrected chi connectivity index (χ1v) is 5.20. The molecule has 1 aromatic rings. The van der Waals surface area contributed by atoms with E-state index in [2.05, 4.69) is 52.0 Å². The highest BCUT2D eigenvalue weighted by Gasteiger charge is 2.11. The Morgan fingerprint density at radius 1 is 1.50 bits per heavy atom. The highest BCUT2D eigenvalue weighted by molar-refractivity contribution is 9.10. The van der Waals surface area contributed by atoms with E-state index in [0.717, 1.165) is 16.8 Å². The number of anilines is 2.